The van der Waals surface area contributed by atoms with Gasteiger partial charge in [-0.05, 0) is 28.4 Å². The first-order valence-corrected chi connectivity index (χ1v) is 5.51. The lowest BCUT2D eigenvalue weighted by atomic mass is 10.2. The topological polar surface area (TPSA) is 43.2 Å². The van der Waals surface area contributed by atoms with Gasteiger partial charge in [-0.15, -0.1) is 0 Å². The van der Waals surface area contributed by atoms with Crippen LogP contribution in [0.5, 0.6) is 0 Å². The quantitative estimate of drug-likeness (QED) is 0.616. The number of rotatable bonds is 5. The zero-order valence-electron chi connectivity index (χ0n) is 9.18. The SMILES string of the molecule is CO/N=C(Br)/C(C)=N/OCc1ccccc1. The number of benzene rings is 1. The van der Waals surface area contributed by atoms with Crippen molar-refractivity contribution in [2.45, 2.75) is 13.5 Å². The van der Waals surface area contributed by atoms with E-state index in [4.69, 9.17) is 4.84 Å². The first kappa shape index (κ1) is 12.7. The van der Waals surface area contributed by atoms with Crippen molar-refractivity contribution < 1.29 is 9.68 Å². The van der Waals surface area contributed by atoms with Crippen molar-refractivity contribution in [3.05, 3.63) is 35.9 Å². The van der Waals surface area contributed by atoms with Gasteiger partial charge in [0, 0.05) is 0 Å². The number of halogens is 1. The van der Waals surface area contributed by atoms with E-state index in [1.165, 1.54) is 7.11 Å². The summed E-state index contributed by atoms with van der Waals surface area (Å²) in [5.74, 6) is 0. The Morgan fingerprint density at radius 3 is 2.56 bits per heavy atom. The molecule has 0 fully saturated rings. The third kappa shape index (κ3) is 4.44. The smallest absolute Gasteiger partial charge is 0.169 e. The van der Waals surface area contributed by atoms with Crippen molar-refractivity contribution in [1.29, 1.82) is 0 Å². The minimum atomic E-state index is 0.436. The second kappa shape index (κ2) is 7.00. The molecule has 0 aromatic heterocycles. The molecule has 86 valence electrons. The van der Waals surface area contributed by atoms with Crippen LogP contribution in [0.15, 0.2) is 40.6 Å². The van der Waals surface area contributed by atoms with E-state index in [2.05, 4.69) is 31.1 Å². The molecule has 0 aliphatic carbocycles. The van der Waals surface area contributed by atoms with Crippen molar-refractivity contribution in [2.75, 3.05) is 7.11 Å². The molecule has 0 saturated carbocycles. The molecule has 1 aromatic carbocycles. The van der Waals surface area contributed by atoms with E-state index >= 15 is 0 Å². The van der Waals surface area contributed by atoms with Crippen LogP contribution in [0.4, 0.5) is 0 Å². The van der Waals surface area contributed by atoms with Gasteiger partial charge in [-0.2, -0.15) is 0 Å². The van der Waals surface area contributed by atoms with Gasteiger partial charge >= 0.3 is 0 Å². The van der Waals surface area contributed by atoms with Crippen LogP contribution in [0.3, 0.4) is 0 Å². The number of nitrogens with zero attached hydrogens (tertiary/aromatic N) is 2. The molecule has 0 radical (unpaired) electrons. The number of hydrogen-bond donors (Lipinski definition) is 0. The van der Waals surface area contributed by atoms with Crippen LogP contribution in [0, 0.1) is 0 Å². The van der Waals surface area contributed by atoms with Crippen LogP contribution in [-0.2, 0) is 16.3 Å². The molecule has 0 N–H and O–H groups in total. The van der Waals surface area contributed by atoms with Crippen molar-refractivity contribution in [3.8, 4) is 0 Å². The summed E-state index contributed by atoms with van der Waals surface area (Å²) in [6.45, 7) is 2.21. The lowest BCUT2D eigenvalue weighted by molar-refractivity contribution is 0.131. The van der Waals surface area contributed by atoms with Gasteiger partial charge in [-0.1, -0.05) is 40.6 Å². The molecule has 0 saturated heterocycles. The van der Waals surface area contributed by atoms with Crippen LogP contribution in [0.2, 0.25) is 0 Å². The average Bonchev–Trinajstić information content (AvgIpc) is 2.30. The molecule has 0 heterocycles. The summed E-state index contributed by atoms with van der Waals surface area (Å²) in [6, 6.07) is 9.82. The largest absolute Gasteiger partial charge is 0.398 e. The number of hydrogen-bond acceptors (Lipinski definition) is 4. The van der Waals surface area contributed by atoms with Crippen LogP contribution < -0.4 is 0 Å². The highest BCUT2D eigenvalue weighted by Crippen LogP contribution is 2.02. The van der Waals surface area contributed by atoms with E-state index in [0.717, 1.165) is 5.56 Å². The summed E-state index contributed by atoms with van der Waals surface area (Å²) >= 11 is 3.20. The molecule has 0 unspecified atom stereocenters. The summed E-state index contributed by atoms with van der Waals surface area (Å²) in [5, 5.41) is 7.57. The van der Waals surface area contributed by atoms with E-state index in [0.29, 0.717) is 16.9 Å². The molecular formula is C11H13BrN2O2. The van der Waals surface area contributed by atoms with Crippen LogP contribution in [0.25, 0.3) is 0 Å². The highest BCUT2D eigenvalue weighted by molar-refractivity contribution is 9.19. The lowest BCUT2D eigenvalue weighted by Gasteiger charge is -2.00. The highest BCUT2D eigenvalue weighted by Gasteiger charge is 2.00. The van der Waals surface area contributed by atoms with Gasteiger partial charge in [0.2, 0.25) is 0 Å². The van der Waals surface area contributed by atoms with Gasteiger partial charge in [-0.25, -0.2) is 0 Å². The predicted octanol–water partition coefficient (Wildman–Crippen LogP) is 2.93. The Labute approximate surface area is 103 Å². The molecular weight excluding hydrogens is 272 g/mol. The van der Waals surface area contributed by atoms with Crippen LogP contribution in [-0.4, -0.2) is 17.4 Å². The summed E-state index contributed by atoms with van der Waals surface area (Å²) in [5.41, 5.74) is 1.69. The van der Waals surface area contributed by atoms with E-state index in [9.17, 15) is 0 Å². The number of oxime groups is 2. The second-order valence-electron chi connectivity index (χ2n) is 3.00. The third-order valence-corrected chi connectivity index (χ3v) is 2.46. The Balaban J connectivity index is 2.45. The Hall–Kier alpha value is -1.36. The van der Waals surface area contributed by atoms with Gasteiger partial charge in [-0.3, -0.25) is 0 Å². The minimum absolute atomic E-state index is 0.436. The zero-order chi connectivity index (χ0) is 11.8. The maximum atomic E-state index is 5.17. The molecule has 16 heavy (non-hydrogen) atoms. The fourth-order valence-corrected chi connectivity index (χ4v) is 1.18. The molecule has 0 spiro atoms. The summed E-state index contributed by atoms with van der Waals surface area (Å²) < 4.78 is 0.517. The maximum Gasteiger partial charge on any atom is 0.169 e. The Bertz CT molecular complexity index is 377. The normalized spacial score (nSPS) is 12.4. The molecule has 0 amide bonds. The fourth-order valence-electron chi connectivity index (χ4n) is 0.962. The summed E-state index contributed by atoms with van der Waals surface area (Å²) in [6.07, 6.45) is 0. The first-order valence-electron chi connectivity index (χ1n) is 4.71. The average molecular weight is 285 g/mol. The summed E-state index contributed by atoms with van der Waals surface area (Å²) in [4.78, 5) is 9.76. The molecule has 0 bridgehead atoms. The van der Waals surface area contributed by atoms with Gasteiger partial charge in [0.15, 0.2) is 4.62 Å². The summed E-state index contributed by atoms with van der Waals surface area (Å²) in [7, 11) is 1.47. The van der Waals surface area contributed by atoms with Crippen molar-refractivity contribution >= 4 is 26.3 Å². The van der Waals surface area contributed by atoms with Gasteiger partial charge < -0.3 is 9.68 Å². The fraction of sp³-hybridized carbons (Fsp3) is 0.273. The molecule has 1 aromatic rings. The monoisotopic (exact) mass is 284 g/mol. The second-order valence-corrected chi connectivity index (χ2v) is 3.75. The van der Waals surface area contributed by atoms with Gasteiger partial charge in [0.1, 0.15) is 19.4 Å². The molecule has 0 aliphatic heterocycles. The van der Waals surface area contributed by atoms with Crippen LogP contribution >= 0.6 is 15.9 Å². The van der Waals surface area contributed by atoms with Crippen molar-refractivity contribution in [1.82, 2.24) is 0 Å². The standard InChI is InChI=1S/C11H13BrN2O2/c1-9(11(12)14-15-2)13-16-8-10-6-4-3-5-7-10/h3-7H,8H2,1-2H3/b13-9+,14-11-. The van der Waals surface area contributed by atoms with Gasteiger partial charge in [0.25, 0.3) is 0 Å². The Morgan fingerprint density at radius 1 is 1.25 bits per heavy atom. The molecule has 4 nitrogen and oxygen atoms in total. The van der Waals surface area contributed by atoms with Crippen molar-refractivity contribution in [2.24, 2.45) is 10.3 Å². The Morgan fingerprint density at radius 2 is 1.94 bits per heavy atom. The minimum Gasteiger partial charge on any atom is -0.398 e. The maximum absolute atomic E-state index is 5.17. The predicted molar refractivity (Wildman–Crippen MR) is 67.7 cm³/mol. The van der Waals surface area contributed by atoms with Crippen molar-refractivity contribution in [3.63, 3.8) is 0 Å². The molecule has 0 aliphatic rings. The van der Waals surface area contributed by atoms with Gasteiger partial charge in [0.05, 0.1) is 0 Å². The molecule has 1 rings (SSSR count). The van der Waals surface area contributed by atoms with E-state index in [1.54, 1.807) is 6.92 Å². The highest BCUT2D eigenvalue weighted by atomic mass is 79.9. The lowest BCUT2D eigenvalue weighted by Crippen LogP contribution is -2.03. The molecule has 5 heteroatoms. The first-order chi connectivity index (χ1) is 7.74. The third-order valence-electron chi connectivity index (χ3n) is 1.75. The van der Waals surface area contributed by atoms with E-state index in [-0.39, 0.29) is 0 Å². The van der Waals surface area contributed by atoms with E-state index in [1.807, 2.05) is 30.3 Å². The van der Waals surface area contributed by atoms with E-state index < -0.39 is 0 Å². The van der Waals surface area contributed by atoms with Crippen LogP contribution in [0.1, 0.15) is 12.5 Å². The zero-order valence-corrected chi connectivity index (χ0v) is 10.8. The Kier molecular flexibility index (Phi) is 5.56. The molecule has 0 atom stereocenters.